The van der Waals surface area contributed by atoms with Crippen LogP contribution in [0.3, 0.4) is 0 Å². The third-order valence-corrected chi connectivity index (χ3v) is 5.10. The lowest BCUT2D eigenvalue weighted by atomic mass is 10.1. The van der Waals surface area contributed by atoms with E-state index in [0.717, 1.165) is 29.5 Å². The summed E-state index contributed by atoms with van der Waals surface area (Å²) in [5, 5.41) is 1.11. The zero-order valence-electron chi connectivity index (χ0n) is 12.2. The number of halogens is 1. The number of nitrogens with zero attached hydrogens (tertiary/aromatic N) is 1. The molecule has 0 saturated carbocycles. The molecule has 0 bridgehead atoms. The van der Waals surface area contributed by atoms with E-state index < -0.39 is 0 Å². The quantitative estimate of drug-likeness (QED) is 0.768. The minimum Gasteiger partial charge on any atom is -0.456 e. The maximum Gasteiger partial charge on any atom is 0.141 e. The second kappa shape index (κ2) is 6.30. The summed E-state index contributed by atoms with van der Waals surface area (Å²) in [6.45, 7) is 1.03. The molecule has 1 atom stereocenters. The Morgan fingerprint density at radius 1 is 1.14 bits per heavy atom. The molecule has 3 rings (SSSR count). The minimum absolute atomic E-state index is 0.352. The van der Waals surface area contributed by atoms with Crippen LogP contribution >= 0.6 is 23.4 Å². The van der Waals surface area contributed by atoms with Crippen LogP contribution < -0.4 is 4.74 Å². The molecule has 2 nitrogen and oxygen atoms in total. The van der Waals surface area contributed by atoms with E-state index in [4.69, 9.17) is 16.3 Å². The Bertz CT molecular complexity index is 644. The second-order valence-corrected chi connectivity index (χ2v) is 7.11. The molecule has 1 heterocycles. The number of para-hydroxylation sites is 1. The first kappa shape index (κ1) is 14.8. The summed E-state index contributed by atoms with van der Waals surface area (Å²) in [5.41, 5.74) is 1.19. The monoisotopic (exact) mass is 319 g/mol. The summed E-state index contributed by atoms with van der Waals surface area (Å²) >= 11 is 8.05. The van der Waals surface area contributed by atoms with Crippen LogP contribution in [0.25, 0.3) is 0 Å². The molecule has 0 aromatic heterocycles. The summed E-state index contributed by atoms with van der Waals surface area (Å²) in [6.07, 6.45) is 1.06. The van der Waals surface area contributed by atoms with E-state index in [1.807, 2.05) is 42.1 Å². The SMILES string of the molecule is CN(C)CCC1Sc2ccccc2Oc2ccc(Cl)cc21. The molecule has 2 aromatic rings. The molecule has 0 amide bonds. The van der Waals surface area contributed by atoms with E-state index in [1.165, 1.54) is 10.5 Å². The molecule has 1 aliphatic rings. The number of rotatable bonds is 3. The maximum atomic E-state index is 6.19. The van der Waals surface area contributed by atoms with E-state index in [0.29, 0.717) is 5.25 Å². The zero-order chi connectivity index (χ0) is 14.8. The largest absolute Gasteiger partial charge is 0.456 e. The summed E-state index contributed by atoms with van der Waals surface area (Å²) in [4.78, 5) is 3.40. The van der Waals surface area contributed by atoms with Gasteiger partial charge in [-0.3, -0.25) is 0 Å². The molecule has 1 aliphatic heterocycles. The van der Waals surface area contributed by atoms with Gasteiger partial charge in [0.15, 0.2) is 0 Å². The Morgan fingerprint density at radius 3 is 2.76 bits per heavy atom. The van der Waals surface area contributed by atoms with E-state index >= 15 is 0 Å². The Hall–Kier alpha value is -1.16. The molecule has 21 heavy (non-hydrogen) atoms. The molecule has 0 spiro atoms. The van der Waals surface area contributed by atoms with Crippen LogP contribution in [0.2, 0.25) is 5.02 Å². The highest BCUT2D eigenvalue weighted by Gasteiger charge is 2.24. The first-order valence-corrected chi connectivity index (χ1v) is 8.27. The summed E-state index contributed by atoms with van der Waals surface area (Å²) in [5.74, 6) is 1.85. The average Bonchev–Trinajstić information content (AvgIpc) is 2.61. The van der Waals surface area contributed by atoms with Crippen molar-refractivity contribution in [3.8, 4) is 11.5 Å². The zero-order valence-corrected chi connectivity index (χ0v) is 13.7. The Balaban J connectivity index is 2.00. The van der Waals surface area contributed by atoms with Gasteiger partial charge in [-0.2, -0.15) is 0 Å². The lowest BCUT2D eigenvalue weighted by Gasteiger charge is -2.18. The van der Waals surface area contributed by atoms with E-state index in [1.54, 1.807) is 0 Å². The van der Waals surface area contributed by atoms with Crippen LogP contribution in [0, 0.1) is 0 Å². The Morgan fingerprint density at radius 2 is 1.95 bits per heavy atom. The topological polar surface area (TPSA) is 12.5 Å². The van der Waals surface area contributed by atoms with Crippen molar-refractivity contribution in [2.45, 2.75) is 16.6 Å². The molecule has 0 radical (unpaired) electrons. The molecule has 0 fully saturated rings. The van der Waals surface area contributed by atoms with Crippen molar-refractivity contribution in [1.82, 2.24) is 4.90 Å². The van der Waals surface area contributed by atoms with Gasteiger partial charge in [0.1, 0.15) is 11.5 Å². The smallest absolute Gasteiger partial charge is 0.141 e. The van der Waals surface area contributed by atoms with E-state index in [2.05, 4.69) is 31.1 Å². The van der Waals surface area contributed by atoms with Gasteiger partial charge in [0.05, 0.1) is 4.90 Å². The third kappa shape index (κ3) is 3.37. The standard InChI is InChI=1S/C17H18ClNOS/c1-19(2)10-9-16-13-11-12(18)7-8-14(13)20-15-5-3-4-6-17(15)21-16/h3-8,11,16H,9-10H2,1-2H3. The first-order valence-electron chi connectivity index (χ1n) is 7.01. The van der Waals surface area contributed by atoms with Crippen LogP contribution in [0.5, 0.6) is 11.5 Å². The molecule has 0 aliphatic carbocycles. The molecule has 0 N–H and O–H groups in total. The summed E-state index contributed by atoms with van der Waals surface area (Å²) in [7, 11) is 4.20. The van der Waals surface area contributed by atoms with Gasteiger partial charge in [0, 0.05) is 15.8 Å². The number of fused-ring (bicyclic) bond motifs is 2. The Labute approximate surface area is 135 Å². The van der Waals surface area contributed by atoms with Crippen LogP contribution in [0.4, 0.5) is 0 Å². The molecule has 110 valence electrons. The van der Waals surface area contributed by atoms with Crippen LogP contribution in [0.15, 0.2) is 47.4 Å². The predicted octanol–water partition coefficient (Wildman–Crippen LogP) is 5.23. The van der Waals surface area contributed by atoms with Crippen molar-refractivity contribution in [3.05, 3.63) is 53.1 Å². The van der Waals surface area contributed by atoms with Gasteiger partial charge in [0.2, 0.25) is 0 Å². The Kier molecular flexibility index (Phi) is 4.43. The van der Waals surface area contributed by atoms with Crippen molar-refractivity contribution in [3.63, 3.8) is 0 Å². The molecule has 1 unspecified atom stereocenters. The highest BCUT2D eigenvalue weighted by Crippen LogP contribution is 2.49. The molecular weight excluding hydrogens is 302 g/mol. The molecule has 0 saturated heterocycles. The molecule has 2 aromatic carbocycles. The number of hydrogen-bond acceptors (Lipinski definition) is 3. The number of thioether (sulfide) groups is 1. The van der Waals surface area contributed by atoms with Gasteiger partial charge in [0.25, 0.3) is 0 Å². The van der Waals surface area contributed by atoms with Crippen molar-refractivity contribution in [1.29, 1.82) is 0 Å². The average molecular weight is 320 g/mol. The van der Waals surface area contributed by atoms with Gasteiger partial charge in [-0.25, -0.2) is 0 Å². The lowest BCUT2D eigenvalue weighted by Crippen LogP contribution is -2.15. The van der Waals surface area contributed by atoms with Gasteiger partial charge >= 0.3 is 0 Å². The third-order valence-electron chi connectivity index (χ3n) is 3.50. The normalized spacial score (nSPS) is 16.9. The van der Waals surface area contributed by atoms with Crippen LogP contribution in [-0.2, 0) is 0 Å². The van der Waals surface area contributed by atoms with E-state index in [9.17, 15) is 0 Å². The summed E-state index contributed by atoms with van der Waals surface area (Å²) < 4.78 is 6.10. The fourth-order valence-electron chi connectivity index (χ4n) is 2.42. The fraction of sp³-hybridized carbons (Fsp3) is 0.294. The van der Waals surface area contributed by atoms with Crippen molar-refractivity contribution < 1.29 is 4.74 Å². The van der Waals surface area contributed by atoms with Crippen molar-refractivity contribution in [2.75, 3.05) is 20.6 Å². The van der Waals surface area contributed by atoms with Gasteiger partial charge in [-0.1, -0.05) is 23.7 Å². The van der Waals surface area contributed by atoms with Gasteiger partial charge in [-0.05, 0) is 57.4 Å². The van der Waals surface area contributed by atoms with E-state index in [-0.39, 0.29) is 0 Å². The van der Waals surface area contributed by atoms with Crippen molar-refractivity contribution in [2.24, 2.45) is 0 Å². The van der Waals surface area contributed by atoms with Crippen LogP contribution in [-0.4, -0.2) is 25.5 Å². The molecule has 4 heteroatoms. The number of hydrogen-bond donors (Lipinski definition) is 0. The number of benzene rings is 2. The van der Waals surface area contributed by atoms with Gasteiger partial charge < -0.3 is 9.64 Å². The second-order valence-electron chi connectivity index (χ2n) is 5.43. The molecular formula is C17H18ClNOS. The summed E-state index contributed by atoms with van der Waals surface area (Å²) in [6, 6.07) is 14.1. The van der Waals surface area contributed by atoms with Crippen molar-refractivity contribution >= 4 is 23.4 Å². The highest BCUT2D eigenvalue weighted by molar-refractivity contribution is 7.99. The predicted molar refractivity (Wildman–Crippen MR) is 89.7 cm³/mol. The van der Waals surface area contributed by atoms with Gasteiger partial charge in [-0.15, -0.1) is 11.8 Å². The highest BCUT2D eigenvalue weighted by atomic mass is 35.5. The minimum atomic E-state index is 0.352. The number of ether oxygens (including phenoxy) is 1. The maximum absolute atomic E-state index is 6.19. The fourth-order valence-corrected chi connectivity index (χ4v) is 3.83. The lowest BCUT2D eigenvalue weighted by molar-refractivity contribution is 0.397. The van der Waals surface area contributed by atoms with Crippen LogP contribution in [0.1, 0.15) is 17.2 Å². The first-order chi connectivity index (χ1) is 10.1.